The zero-order valence-electron chi connectivity index (χ0n) is 10.7. The second-order valence-electron chi connectivity index (χ2n) is 5.70. The smallest absolute Gasteiger partial charge is 0.0200 e. The van der Waals surface area contributed by atoms with Crippen molar-refractivity contribution in [3.05, 3.63) is 11.1 Å². The Morgan fingerprint density at radius 1 is 1.07 bits per heavy atom. The number of rotatable bonds is 2. The van der Waals surface area contributed by atoms with Gasteiger partial charge in [0.25, 0.3) is 0 Å². The molecular formula is C15H26. The maximum Gasteiger partial charge on any atom is -0.0200 e. The van der Waals surface area contributed by atoms with Crippen molar-refractivity contribution in [1.29, 1.82) is 0 Å². The summed E-state index contributed by atoms with van der Waals surface area (Å²) in [6, 6.07) is 0. The highest BCUT2D eigenvalue weighted by molar-refractivity contribution is 5.25. The minimum Gasteiger partial charge on any atom is -0.0676 e. The molecule has 0 saturated carbocycles. The van der Waals surface area contributed by atoms with Gasteiger partial charge in [0.15, 0.2) is 0 Å². The van der Waals surface area contributed by atoms with Crippen LogP contribution in [0, 0.1) is 17.8 Å². The van der Waals surface area contributed by atoms with E-state index in [1.165, 1.54) is 44.9 Å². The van der Waals surface area contributed by atoms with Crippen LogP contribution in [0.3, 0.4) is 0 Å². The summed E-state index contributed by atoms with van der Waals surface area (Å²) in [7, 11) is 0. The Bertz CT molecular complexity index is 249. The normalized spacial score (nSPS) is 36.6. The van der Waals surface area contributed by atoms with Gasteiger partial charge in [-0.15, -0.1) is 0 Å². The summed E-state index contributed by atoms with van der Waals surface area (Å²) in [5, 5.41) is 0. The molecule has 2 aliphatic carbocycles. The van der Waals surface area contributed by atoms with Gasteiger partial charge >= 0.3 is 0 Å². The summed E-state index contributed by atoms with van der Waals surface area (Å²) < 4.78 is 0. The molecule has 3 atom stereocenters. The van der Waals surface area contributed by atoms with E-state index in [1.807, 2.05) is 11.1 Å². The van der Waals surface area contributed by atoms with Gasteiger partial charge < -0.3 is 0 Å². The maximum atomic E-state index is 2.45. The molecular weight excluding hydrogens is 180 g/mol. The van der Waals surface area contributed by atoms with Crippen molar-refractivity contribution in [2.45, 2.75) is 65.7 Å². The first kappa shape index (κ1) is 11.2. The predicted octanol–water partition coefficient (Wildman–Crippen LogP) is 4.95. The van der Waals surface area contributed by atoms with E-state index >= 15 is 0 Å². The molecule has 2 aliphatic rings. The van der Waals surface area contributed by atoms with Crippen molar-refractivity contribution in [2.24, 2.45) is 17.8 Å². The fraction of sp³-hybridized carbons (Fsp3) is 0.867. The Morgan fingerprint density at radius 2 is 1.80 bits per heavy atom. The number of allylic oxidation sites excluding steroid dienone is 2. The standard InChI is InChI=1S/C15H26/c1-4-12-7-6-8-14-13(5-2)9-11(3)10-15(12)14/h11-13H,4-10H2,1-3H3. The van der Waals surface area contributed by atoms with Crippen LogP contribution >= 0.6 is 0 Å². The van der Waals surface area contributed by atoms with Gasteiger partial charge in [0.2, 0.25) is 0 Å². The van der Waals surface area contributed by atoms with Crippen molar-refractivity contribution in [2.75, 3.05) is 0 Å². The van der Waals surface area contributed by atoms with Gasteiger partial charge in [0.1, 0.15) is 0 Å². The van der Waals surface area contributed by atoms with Crippen LogP contribution in [0.4, 0.5) is 0 Å². The van der Waals surface area contributed by atoms with Gasteiger partial charge in [0, 0.05) is 0 Å². The van der Waals surface area contributed by atoms with Crippen LogP contribution in [-0.4, -0.2) is 0 Å². The lowest BCUT2D eigenvalue weighted by molar-refractivity contribution is 0.323. The highest BCUT2D eigenvalue weighted by Gasteiger charge is 2.31. The molecule has 0 spiro atoms. The largest absolute Gasteiger partial charge is 0.0676 e. The summed E-state index contributed by atoms with van der Waals surface area (Å²) in [6.07, 6.45) is 10.00. The van der Waals surface area contributed by atoms with Crippen molar-refractivity contribution in [3.8, 4) is 0 Å². The monoisotopic (exact) mass is 206 g/mol. The first-order valence-electron chi connectivity index (χ1n) is 6.98. The molecule has 86 valence electrons. The molecule has 0 aliphatic heterocycles. The SMILES string of the molecule is CCC1CCCC2=C1CC(C)CC2CC. The molecule has 2 rings (SSSR count). The third kappa shape index (κ3) is 2.14. The molecule has 3 unspecified atom stereocenters. The second-order valence-corrected chi connectivity index (χ2v) is 5.70. The summed E-state index contributed by atoms with van der Waals surface area (Å²) in [5.74, 6) is 2.84. The van der Waals surface area contributed by atoms with Crippen LogP contribution in [0.25, 0.3) is 0 Å². The van der Waals surface area contributed by atoms with E-state index in [2.05, 4.69) is 20.8 Å². The van der Waals surface area contributed by atoms with Gasteiger partial charge in [-0.3, -0.25) is 0 Å². The molecule has 0 aromatic rings. The Labute approximate surface area is 95.1 Å². The summed E-state index contributed by atoms with van der Waals surface area (Å²) >= 11 is 0. The zero-order valence-corrected chi connectivity index (χ0v) is 10.7. The molecule has 0 bridgehead atoms. The molecule has 0 nitrogen and oxygen atoms in total. The first-order chi connectivity index (χ1) is 7.26. The molecule has 0 heterocycles. The molecule has 0 fully saturated rings. The van der Waals surface area contributed by atoms with Crippen LogP contribution in [0.5, 0.6) is 0 Å². The van der Waals surface area contributed by atoms with Gasteiger partial charge in [-0.05, 0) is 62.7 Å². The number of hydrogen-bond acceptors (Lipinski definition) is 0. The molecule has 15 heavy (non-hydrogen) atoms. The molecule has 0 heteroatoms. The van der Waals surface area contributed by atoms with E-state index in [0.717, 1.165) is 17.8 Å². The molecule has 0 saturated heterocycles. The maximum absolute atomic E-state index is 2.45. The highest BCUT2D eigenvalue weighted by atomic mass is 14.4. The Kier molecular flexibility index (Phi) is 3.53. The van der Waals surface area contributed by atoms with Crippen LogP contribution < -0.4 is 0 Å². The van der Waals surface area contributed by atoms with E-state index in [0.29, 0.717) is 0 Å². The summed E-state index contributed by atoms with van der Waals surface area (Å²) in [4.78, 5) is 0. The van der Waals surface area contributed by atoms with Gasteiger partial charge in [-0.25, -0.2) is 0 Å². The first-order valence-corrected chi connectivity index (χ1v) is 6.98. The van der Waals surface area contributed by atoms with Crippen LogP contribution in [-0.2, 0) is 0 Å². The Balaban J connectivity index is 2.26. The lowest BCUT2D eigenvalue weighted by Gasteiger charge is -2.38. The molecule has 0 amide bonds. The lowest BCUT2D eigenvalue weighted by atomic mass is 9.67. The van der Waals surface area contributed by atoms with Crippen LogP contribution in [0.1, 0.15) is 65.7 Å². The van der Waals surface area contributed by atoms with Crippen molar-refractivity contribution >= 4 is 0 Å². The Hall–Kier alpha value is -0.260. The highest BCUT2D eigenvalue weighted by Crippen LogP contribution is 2.45. The van der Waals surface area contributed by atoms with Crippen molar-refractivity contribution in [1.82, 2.24) is 0 Å². The average Bonchev–Trinajstić information content (AvgIpc) is 2.27. The Morgan fingerprint density at radius 3 is 2.47 bits per heavy atom. The second kappa shape index (κ2) is 4.72. The molecule has 0 N–H and O–H groups in total. The predicted molar refractivity (Wildman–Crippen MR) is 66.8 cm³/mol. The van der Waals surface area contributed by atoms with E-state index in [4.69, 9.17) is 0 Å². The third-order valence-electron chi connectivity index (χ3n) is 4.64. The molecule has 0 aromatic heterocycles. The third-order valence-corrected chi connectivity index (χ3v) is 4.64. The van der Waals surface area contributed by atoms with E-state index in [9.17, 15) is 0 Å². The van der Waals surface area contributed by atoms with Crippen molar-refractivity contribution < 1.29 is 0 Å². The van der Waals surface area contributed by atoms with E-state index in [-0.39, 0.29) is 0 Å². The van der Waals surface area contributed by atoms with Crippen LogP contribution in [0.15, 0.2) is 11.1 Å². The zero-order chi connectivity index (χ0) is 10.8. The molecule has 0 radical (unpaired) electrons. The van der Waals surface area contributed by atoms with Gasteiger partial charge in [0.05, 0.1) is 0 Å². The average molecular weight is 206 g/mol. The quantitative estimate of drug-likeness (QED) is 0.561. The minimum absolute atomic E-state index is 0.943. The topological polar surface area (TPSA) is 0 Å². The van der Waals surface area contributed by atoms with Crippen molar-refractivity contribution in [3.63, 3.8) is 0 Å². The summed E-state index contributed by atoms with van der Waals surface area (Å²) in [5.41, 5.74) is 3.79. The fourth-order valence-corrected chi connectivity index (χ4v) is 3.85. The van der Waals surface area contributed by atoms with Crippen LogP contribution in [0.2, 0.25) is 0 Å². The van der Waals surface area contributed by atoms with Gasteiger partial charge in [-0.2, -0.15) is 0 Å². The molecule has 0 aromatic carbocycles. The van der Waals surface area contributed by atoms with E-state index in [1.54, 1.807) is 0 Å². The van der Waals surface area contributed by atoms with E-state index < -0.39 is 0 Å². The summed E-state index contributed by atoms with van der Waals surface area (Å²) in [6.45, 7) is 7.21. The number of hydrogen-bond donors (Lipinski definition) is 0. The minimum atomic E-state index is 0.943. The fourth-order valence-electron chi connectivity index (χ4n) is 3.85. The lowest BCUT2D eigenvalue weighted by Crippen LogP contribution is -2.24. The van der Waals surface area contributed by atoms with Gasteiger partial charge in [-0.1, -0.05) is 31.9 Å².